The highest BCUT2D eigenvalue weighted by atomic mass is 35.5. The minimum Gasteiger partial charge on any atom is -0.508 e. The summed E-state index contributed by atoms with van der Waals surface area (Å²) in [6, 6.07) is 8.06. The molecule has 7 heteroatoms. The van der Waals surface area contributed by atoms with Gasteiger partial charge < -0.3 is 10.4 Å². The summed E-state index contributed by atoms with van der Waals surface area (Å²) in [5, 5.41) is 11.3. The third-order valence-corrected chi connectivity index (χ3v) is 2.99. The zero-order valence-electron chi connectivity index (χ0n) is 10.4. The van der Waals surface area contributed by atoms with Crippen LogP contribution in [0, 0.1) is 0 Å². The monoisotopic (exact) mass is 315 g/mol. The molecule has 3 nitrogen and oxygen atoms in total. The van der Waals surface area contributed by atoms with E-state index in [4.69, 9.17) is 16.7 Å². The minimum atomic E-state index is -4.50. The van der Waals surface area contributed by atoms with E-state index in [2.05, 4.69) is 5.32 Å². The molecule has 21 heavy (non-hydrogen) atoms. The first-order valence-electron chi connectivity index (χ1n) is 5.74. The molecule has 2 rings (SSSR count). The fourth-order valence-electron chi connectivity index (χ4n) is 1.60. The van der Waals surface area contributed by atoms with Crippen molar-refractivity contribution in [2.75, 3.05) is 5.32 Å². The van der Waals surface area contributed by atoms with Crippen LogP contribution in [0.15, 0.2) is 42.5 Å². The quantitative estimate of drug-likeness (QED) is 0.867. The summed E-state index contributed by atoms with van der Waals surface area (Å²) in [5.74, 6) is -0.546. The molecule has 0 unspecified atom stereocenters. The lowest BCUT2D eigenvalue weighted by Gasteiger charge is -2.11. The number of anilines is 1. The van der Waals surface area contributed by atoms with Gasteiger partial charge >= 0.3 is 6.18 Å². The molecule has 0 fully saturated rings. The summed E-state index contributed by atoms with van der Waals surface area (Å²) < 4.78 is 37.5. The average Bonchev–Trinajstić information content (AvgIpc) is 2.40. The maximum Gasteiger partial charge on any atom is 0.416 e. The molecule has 0 spiro atoms. The minimum absolute atomic E-state index is 0.000822. The molecular formula is C14H9ClF3NO2. The number of carbonyl (C=O) groups is 1. The number of amides is 1. The Balaban J connectivity index is 2.20. The molecule has 0 bridgehead atoms. The number of nitrogens with one attached hydrogen (secondary N) is 1. The zero-order valence-corrected chi connectivity index (χ0v) is 11.2. The summed E-state index contributed by atoms with van der Waals surface area (Å²) in [6.07, 6.45) is -4.50. The third kappa shape index (κ3) is 3.66. The summed E-state index contributed by atoms with van der Waals surface area (Å²) >= 11 is 5.74. The number of alkyl halides is 3. The summed E-state index contributed by atoms with van der Waals surface area (Å²) in [6.45, 7) is 0. The molecule has 1 amide bonds. The van der Waals surface area contributed by atoms with Crippen molar-refractivity contribution < 1.29 is 23.1 Å². The fourth-order valence-corrected chi connectivity index (χ4v) is 1.83. The standard InChI is InChI=1S/C14H9ClF3NO2/c15-11-7-9(14(16,17)18)3-6-12(11)19-13(21)8-1-4-10(20)5-2-8/h1-7,20H,(H,19,21). The highest BCUT2D eigenvalue weighted by Gasteiger charge is 2.31. The van der Waals surface area contributed by atoms with Crippen molar-refractivity contribution in [3.05, 3.63) is 58.6 Å². The highest BCUT2D eigenvalue weighted by Crippen LogP contribution is 2.33. The van der Waals surface area contributed by atoms with Crippen LogP contribution in [0.1, 0.15) is 15.9 Å². The van der Waals surface area contributed by atoms with E-state index in [-0.39, 0.29) is 22.0 Å². The lowest BCUT2D eigenvalue weighted by atomic mass is 10.1. The van der Waals surface area contributed by atoms with E-state index in [9.17, 15) is 18.0 Å². The van der Waals surface area contributed by atoms with E-state index in [1.54, 1.807) is 0 Å². The van der Waals surface area contributed by atoms with E-state index >= 15 is 0 Å². The molecule has 2 aromatic carbocycles. The maximum absolute atomic E-state index is 12.5. The molecule has 2 aromatic rings. The van der Waals surface area contributed by atoms with Gasteiger partial charge in [-0.05, 0) is 42.5 Å². The van der Waals surface area contributed by atoms with Crippen LogP contribution in [0.5, 0.6) is 5.75 Å². The van der Waals surface area contributed by atoms with Gasteiger partial charge in [0.05, 0.1) is 16.3 Å². The van der Waals surface area contributed by atoms with Crippen molar-refractivity contribution in [1.29, 1.82) is 0 Å². The van der Waals surface area contributed by atoms with Gasteiger partial charge in [-0.15, -0.1) is 0 Å². The highest BCUT2D eigenvalue weighted by molar-refractivity contribution is 6.34. The smallest absolute Gasteiger partial charge is 0.416 e. The Hall–Kier alpha value is -2.21. The van der Waals surface area contributed by atoms with Crippen LogP contribution < -0.4 is 5.32 Å². The number of aromatic hydroxyl groups is 1. The number of hydrogen-bond acceptors (Lipinski definition) is 2. The lowest BCUT2D eigenvalue weighted by Crippen LogP contribution is -2.12. The topological polar surface area (TPSA) is 49.3 Å². The number of halogens is 4. The van der Waals surface area contributed by atoms with Gasteiger partial charge in [-0.1, -0.05) is 11.6 Å². The van der Waals surface area contributed by atoms with Crippen LogP contribution in [-0.4, -0.2) is 11.0 Å². The largest absolute Gasteiger partial charge is 0.508 e. The normalized spacial score (nSPS) is 11.2. The van der Waals surface area contributed by atoms with Crippen LogP contribution in [0.4, 0.5) is 18.9 Å². The predicted octanol–water partition coefficient (Wildman–Crippen LogP) is 4.32. The number of phenols is 1. The number of carbonyl (C=O) groups excluding carboxylic acids is 1. The van der Waals surface area contributed by atoms with Crippen LogP contribution in [0.2, 0.25) is 5.02 Å². The molecule has 110 valence electrons. The molecule has 0 atom stereocenters. The first kappa shape index (κ1) is 15.2. The first-order valence-corrected chi connectivity index (χ1v) is 6.12. The SMILES string of the molecule is O=C(Nc1ccc(C(F)(F)F)cc1Cl)c1ccc(O)cc1. The van der Waals surface area contributed by atoms with Gasteiger partial charge in [-0.2, -0.15) is 13.2 Å². The zero-order chi connectivity index (χ0) is 15.6. The molecule has 0 aliphatic heterocycles. The molecular weight excluding hydrogens is 307 g/mol. The first-order chi connectivity index (χ1) is 9.77. The predicted molar refractivity (Wildman–Crippen MR) is 72.5 cm³/mol. The molecule has 2 N–H and O–H groups in total. The van der Waals surface area contributed by atoms with Crippen molar-refractivity contribution in [3.8, 4) is 5.75 Å². The van der Waals surface area contributed by atoms with E-state index in [0.717, 1.165) is 18.2 Å². The molecule has 0 radical (unpaired) electrons. The second kappa shape index (κ2) is 5.65. The second-order valence-corrected chi connectivity index (χ2v) is 4.60. The second-order valence-electron chi connectivity index (χ2n) is 4.19. The number of hydrogen-bond donors (Lipinski definition) is 2. The summed E-state index contributed by atoms with van der Waals surface area (Å²) in [7, 11) is 0. The van der Waals surface area contributed by atoms with Crippen molar-refractivity contribution in [1.82, 2.24) is 0 Å². The Morgan fingerprint density at radius 2 is 1.71 bits per heavy atom. The van der Waals surface area contributed by atoms with E-state index < -0.39 is 17.6 Å². The summed E-state index contributed by atoms with van der Waals surface area (Å²) in [5.41, 5.74) is -0.582. The van der Waals surface area contributed by atoms with Crippen molar-refractivity contribution >= 4 is 23.2 Å². The third-order valence-electron chi connectivity index (χ3n) is 2.67. The average molecular weight is 316 g/mol. The Morgan fingerprint density at radius 3 is 2.24 bits per heavy atom. The molecule has 0 aliphatic carbocycles. The number of phenolic OH excluding ortho intramolecular Hbond substituents is 1. The Bertz CT molecular complexity index is 669. The lowest BCUT2D eigenvalue weighted by molar-refractivity contribution is -0.137. The molecule has 0 heterocycles. The van der Waals surface area contributed by atoms with Crippen LogP contribution in [0.25, 0.3) is 0 Å². The van der Waals surface area contributed by atoms with Gasteiger partial charge in [0.25, 0.3) is 5.91 Å². The van der Waals surface area contributed by atoms with Gasteiger partial charge in [0.15, 0.2) is 0 Å². The van der Waals surface area contributed by atoms with Gasteiger partial charge in [-0.25, -0.2) is 0 Å². The van der Waals surface area contributed by atoms with E-state index in [1.165, 1.54) is 24.3 Å². The van der Waals surface area contributed by atoms with Gasteiger partial charge in [0.1, 0.15) is 5.75 Å². The van der Waals surface area contributed by atoms with Crippen molar-refractivity contribution in [3.63, 3.8) is 0 Å². The van der Waals surface area contributed by atoms with E-state index in [0.29, 0.717) is 0 Å². The van der Waals surface area contributed by atoms with Crippen LogP contribution >= 0.6 is 11.6 Å². The number of rotatable bonds is 2. The van der Waals surface area contributed by atoms with Crippen molar-refractivity contribution in [2.45, 2.75) is 6.18 Å². The Labute approximate surface area is 123 Å². The van der Waals surface area contributed by atoms with E-state index in [1.807, 2.05) is 0 Å². The number of benzene rings is 2. The van der Waals surface area contributed by atoms with Gasteiger partial charge in [0.2, 0.25) is 0 Å². The van der Waals surface area contributed by atoms with Gasteiger partial charge in [0, 0.05) is 5.56 Å². The van der Waals surface area contributed by atoms with Gasteiger partial charge in [-0.3, -0.25) is 4.79 Å². The molecule has 0 aromatic heterocycles. The Morgan fingerprint density at radius 1 is 1.10 bits per heavy atom. The Kier molecular flexibility index (Phi) is 4.09. The van der Waals surface area contributed by atoms with Crippen LogP contribution in [0.3, 0.4) is 0 Å². The maximum atomic E-state index is 12.5. The molecule has 0 saturated carbocycles. The molecule has 0 saturated heterocycles. The fraction of sp³-hybridized carbons (Fsp3) is 0.0714. The summed E-state index contributed by atoms with van der Waals surface area (Å²) in [4.78, 5) is 11.9. The van der Waals surface area contributed by atoms with Crippen molar-refractivity contribution in [2.24, 2.45) is 0 Å². The van der Waals surface area contributed by atoms with Crippen LogP contribution in [-0.2, 0) is 6.18 Å². The molecule has 0 aliphatic rings.